The lowest BCUT2D eigenvalue weighted by atomic mass is 9.79. The van der Waals surface area contributed by atoms with Gasteiger partial charge in [0, 0.05) is 12.0 Å². The summed E-state index contributed by atoms with van der Waals surface area (Å²) in [6.45, 7) is 8.46. The molecule has 1 aromatic rings. The summed E-state index contributed by atoms with van der Waals surface area (Å²) in [6.07, 6.45) is 0.948. The van der Waals surface area contributed by atoms with Crippen LogP contribution in [0.2, 0.25) is 0 Å². The molecule has 1 aliphatic rings. The Hall–Kier alpha value is -0.450. The molecule has 4 heteroatoms. The normalized spacial score (nSPS) is 25.6. The van der Waals surface area contributed by atoms with Crippen molar-refractivity contribution in [3.8, 4) is 0 Å². The fraction of sp³-hybridized carbons (Fsp3) is 0.625. The minimum atomic E-state index is -0.235. The number of hydrogen-bond donors (Lipinski definition) is 1. The van der Waals surface area contributed by atoms with Crippen LogP contribution in [0.3, 0.4) is 0 Å². The van der Waals surface area contributed by atoms with Crippen molar-refractivity contribution in [1.82, 2.24) is 5.32 Å². The molecule has 1 N–H and O–H groups in total. The molecule has 2 rings (SSSR count). The molecule has 2 atom stereocenters. The predicted molar refractivity (Wildman–Crippen MR) is 83.3 cm³/mol. The van der Waals surface area contributed by atoms with Gasteiger partial charge < -0.3 is 10.1 Å². The van der Waals surface area contributed by atoms with E-state index in [1.807, 2.05) is 13.1 Å². The van der Waals surface area contributed by atoms with Crippen molar-refractivity contribution >= 4 is 15.9 Å². The quantitative estimate of drug-likeness (QED) is 0.875. The van der Waals surface area contributed by atoms with E-state index in [-0.39, 0.29) is 23.1 Å². The van der Waals surface area contributed by atoms with Gasteiger partial charge in [0.2, 0.25) is 0 Å². The molecular formula is C16H23BrFNO. The first-order valence-corrected chi connectivity index (χ1v) is 7.78. The Morgan fingerprint density at radius 2 is 2.00 bits per heavy atom. The third-order valence-corrected chi connectivity index (χ3v) is 4.80. The number of benzene rings is 1. The Morgan fingerprint density at radius 3 is 2.45 bits per heavy atom. The van der Waals surface area contributed by atoms with Crippen LogP contribution in [0.4, 0.5) is 4.39 Å². The Morgan fingerprint density at radius 1 is 1.35 bits per heavy atom. The Balaban J connectivity index is 2.35. The molecule has 1 fully saturated rings. The first-order valence-electron chi connectivity index (χ1n) is 6.99. The minimum absolute atomic E-state index is 0.0781. The first kappa shape index (κ1) is 15.9. The third kappa shape index (κ3) is 3.07. The van der Waals surface area contributed by atoms with E-state index in [0.29, 0.717) is 10.4 Å². The van der Waals surface area contributed by atoms with Crippen LogP contribution in [-0.2, 0) is 4.74 Å². The average Bonchev–Trinajstić information content (AvgIpc) is 2.53. The van der Waals surface area contributed by atoms with E-state index < -0.39 is 0 Å². The fourth-order valence-electron chi connectivity index (χ4n) is 3.43. The second-order valence-electron chi connectivity index (χ2n) is 6.72. The highest BCUT2D eigenvalue weighted by Crippen LogP contribution is 2.47. The molecule has 2 unspecified atom stereocenters. The summed E-state index contributed by atoms with van der Waals surface area (Å²) >= 11 is 3.20. The number of rotatable bonds is 3. The summed E-state index contributed by atoms with van der Waals surface area (Å²) in [4.78, 5) is 0. The highest BCUT2D eigenvalue weighted by molar-refractivity contribution is 9.10. The molecule has 0 aromatic heterocycles. The second-order valence-corrected chi connectivity index (χ2v) is 7.57. The van der Waals surface area contributed by atoms with Crippen LogP contribution in [0.25, 0.3) is 0 Å². The van der Waals surface area contributed by atoms with Crippen molar-refractivity contribution in [3.05, 3.63) is 34.1 Å². The molecule has 0 bridgehead atoms. The van der Waals surface area contributed by atoms with Gasteiger partial charge in [-0.1, -0.05) is 6.07 Å². The Bertz CT molecular complexity index is 501. The van der Waals surface area contributed by atoms with E-state index >= 15 is 0 Å². The highest BCUT2D eigenvalue weighted by Gasteiger charge is 2.49. The van der Waals surface area contributed by atoms with Crippen molar-refractivity contribution in [1.29, 1.82) is 0 Å². The molecule has 2 nitrogen and oxygen atoms in total. The second kappa shape index (κ2) is 5.39. The van der Waals surface area contributed by atoms with Crippen LogP contribution in [0.5, 0.6) is 0 Å². The maximum atomic E-state index is 13.8. The lowest BCUT2D eigenvalue weighted by Gasteiger charge is -2.33. The zero-order valence-corrected chi connectivity index (χ0v) is 14.3. The number of hydrogen-bond acceptors (Lipinski definition) is 2. The first-order chi connectivity index (χ1) is 9.16. The maximum absolute atomic E-state index is 13.8. The van der Waals surface area contributed by atoms with Crippen LogP contribution in [0.15, 0.2) is 22.7 Å². The van der Waals surface area contributed by atoms with Gasteiger partial charge in [-0.3, -0.25) is 0 Å². The van der Waals surface area contributed by atoms with Gasteiger partial charge in [-0.15, -0.1) is 0 Å². The van der Waals surface area contributed by atoms with E-state index in [4.69, 9.17) is 4.74 Å². The smallest absolute Gasteiger partial charge is 0.137 e. The molecule has 0 spiro atoms. The molecule has 1 aliphatic heterocycles. The van der Waals surface area contributed by atoms with Crippen molar-refractivity contribution in [2.75, 3.05) is 7.05 Å². The maximum Gasteiger partial charge on any atom is 0.137 e. The van der Waals surface area contributed by atoms with Gasteiger partial charge in [-0.25, -0.2) is 4.39 Å². The van der Waals surface area contributed by atoms with E-state index in [2.05, 4.69) is 48.9 Å². The van der Waals surface area contributed by atoms with Crippen molar-refractivity contribution in [2.45, 2.75) is 51.4 Å². The van der Waals surface area contributed by atoms with Gasteiger partial charge in [-0.2, -0.15) is 0 Å². The zero-order chi connectivity index (χ0) is 15.1. The third-order valence-electron chi connectivity index (χ3n) is 4.16. The average molecular weight is 344 g/mol. The largest absolute Gasteiger partial charge is 0.369 e. The van der Waals surface area contributed by atoms with E-state index in [9.17, 15) is 4.39 Å². The van der Waals surface area contributed by atoms with Gasteiger partial charge in [0.15, 0.2) is 0 Å². The van der Waals surface area contributed by atoms with Crippen molar-refractivity contribution in [2.24, 2.45) is 5.92 Å². The molecule has 0 aliphatic carbocycles. The number of ether oxygens (including phenoxy) is 1. The van der Waals surface area contributed by atoms with Crippen LogP contribution >= 0.6 is 15.9 Å². The summed E-state index contributed by atoms with van der Waals surface area (Å²) in [6, 6.07) is 5.42. The van der Waals surface area contributed by atoms with Crippen molar-refractivity contribution in [3.63, 3.8) is 0 Å². The monoisotopic (exact) mass is 343 g/mol. The standard InChI is InChI=1S/C16H23BrFNO/c1-15(2)9-11(16(3,4)20-15)14(19-5)10-6-7-12(17)13(18)8-10/h6-8,11,14,19H,9H2,1-5H3. The molecule has 0 saturated carbocycles. The molecule has 1 aromatic carbocycles. The molecule has 0 radical (unpaired) electrons. The van der Waals surface area contributed by atoms with Crippen LogP contribution in [0.1, 0.15) is 45.7 Å². The molecular weight excluding hydrogens is 321 g/mol. The van der Waals surface area contributed by atoms with Gasteiger partial charge in [-0.05, 0) is 74.8 Å². The topological polar surface area (TPSA) is 21.3 Å². The van der Waals surface area contributed by atoms with E-state index in [1.165, 1.54) is 0 Å². The van der Waals surface area contributed by atoms with Crippen molar-refractivity contribution < 1.29 is 9.13 Å². The summed E-state index contributed by atoms with van der Waals surface area (Å²) in [5, 5.41) is 3.34. The Labute approximate surface area is 129 Å². The summed E-state index contributed by atoms with van der Waals surface area (Å²) in [7, 11) is 1.92. The summed E-state index contributed by atoms with van der Waals surface area (Å²) < 4.78 is 20.5. The molecule has 1 heterocycles. The lowest BCUT2D eigenvalue weighted by molar-refractivity contribution is -0.0776. The molecule has 0 amide bonds. The number of halogens is 2. The molecule has 112 valence electrons. The van der Waals surface area contributed by atoms with Crippen LogP contribution in [0, 0.1) is 11.7 Å². The predicted octanol–water partition coefficient (Wildman–Crippen LogP) is 4.44. The molecule has 1 saturated heterocycles. The molecule has 20 heavy (non-hydrogen) atoms. The van der Waals surface area contributed by atoms with Gasteiger partial charge in [0.1, 0.15) is 5.82 Å². The summed E-state index contributed by atoms with van der Waals surface area (Å²) in [5.74, 6) is 0.0711. The summed E-state index contributed by atoms with van der Waals surface area (Å²) in [5.41, 5.74) is 0.588. The zero-order valence-electron chi connectivity index (χ0n) is 12.8. The minimum Gasteiger partial charge on any atom is -0.369 e. The lowest BCUT2D eigenvalue weighted by Crippen LogP contribution is -2.37. The van der Waals surface area contributed by atoms with Gasteiger partial charge in [0.05, 0.1) is 15.7 Å². The fourth-order valence-corrected chi connectivity index (χ4v) is 3.68. The van der Waals surface area contributed by atoms with Gasteiger partial charge >= 0.3 is 0 Å². The highest BCUT2D eigenvalue weighted by atomic mass is 79.9. The SMILES string of the molecule is CNC(c1ccc(Br)c(F)c1)C1CC(C)(C)OC1(C)C. The van der Waals surface area contributed by atoms with E-state index in [1.54, 1.807) is 12.1 Å². The van der Waals surface area contributed by atoms with Crippen LogP contribution in [-0.4, -0.2) is 18.2 Å². The number of nitrogens with one attached hydrogen (secondary N) is 1. The van der Waals surface area contributed by atoms with E-state index in [0.717, 1.165) is 12.0 Å². The van der Waals surface area contributed by atoms with Gasteiger partial charge in [0.25, 0.3) is 0 Å². The van der Waals surface area contributed by atoms with Crippen LogP contribution < -0.4 is 5.32 Å². The Kier molecular flexibility index (Phi) is 4.30.